The monoisotopic (exact) mass is 174 g/mol. The van der Waals surface area contributed by atoms with Gasteiger partial charge in [0.15, 0.2) is 0 Å². The molecule has 1 amide bonds. The summed E-state index contributed by atoms with van der Waals surface area (Å²) in [6, 6.07) is 1.85. The molecule has 0 heterocycles. The van der Waals surface area contributed by atoms with Gasteiger partial charge in [0.25, 0.3) is 0 Å². The van der Waals surface area contributed by atoms with Gasteiger partial charge in [-0.15, -0.1) is 0 Å². The fourth-order valence-electron chi connectivity index (χ4n) is 0.577. The number of carbonyl (C=O) groups excluding carboxylic acids is 1. The van der Waals surface area contributed by atoms with Crippen LogP contribution in [0.15, 0.2) is 0 Å². The number of hydrogen-bond donors (Lipinski definition) is 1. The van der Waals surface area contributed by atoms with Crippen LogP contribution in [0, 0.1) is 11.3 Å². The number of rotatable bonds is 4. The van der Waals surface area contributed by atoms with E-state index in [4.69, 9.17) is 11.0 Å². The highest BCUT2D eigenvalue weighted by molar-refractivity contribution is 7.86. The summed E-state index contributed by atoms with van der Waals surface area (Å²) >= 11 is 0. The quantitative estimate of drug-likeness (QED) is 0.625. The molecule has 0 bridgehead atoms. The number of hydrogen-bond acceptors (Lipinski definition) is 3. The van der Waals surface area contributed by atoms with Gasteiger partial charge in [0.1, 0.15) is 11.0 Å². The SMILES string of the molecule is CCC(C#N)S(=O)CC(N)=O. The van der Waals surface area contributed by atoms with E-state index in [1.807, 2.05) is 6.07 Å². The molecule has 2 atom stereocenters. The third-order valence-corrected chi connectivity index (χ3v) is 2.76. The van der Waals surface area contributed by atoms with Gasteiger partial charge in [0, 0.05) is 10.8 Å². The van der Waals surface area contributed by atoms with Gasteiger partial charge in [-0.3, -0.25) is 9.00 Å². The van der Waals surface area contributed by atoms with Crippen LogP contribution in [0.4, 0.5) is 0 Å². The molecule has 0 aliphatic rings. The molecule has 2 unspecified atom stereocenters. The maximum atomic E-state index is 11.0. The van der Waals surface area contributed by atoms with Gasteiger partial charge in [-0.25, -0.2) is 0 Å². The summed E-state index contributed by atoms with van der Waals surface area (Å²) in [7, 11) is -1.42. The summed E-state index contributed by atoms with van der Waals surface area (Å²) in [5.74, 6) is -0.844. The van der Waals surface area contributed by atoms with Gasteiger partial charge in [-0.1, -0.05) is 6.92 Å². The molecule has 0 aromatic heterocycles. The van der Waals surface area contributed by atoms with Gasteiger partial charge < -0.3 is 5.73 Å². The molecule has 0 fully saturated rings. The smallest absolute Gasteiger partial charge is 0.230 e. The first-order chi connectivity index (χ1) is 5.11. The zero-order valence-corrected chi connectivity index (χ0v) is 7.06. The fourth-order valence-corrected chi connectivity index (χ4v) is 1.55. The summed E-state index contributed by atoms with van der Waals surface area (Å²) in [6.45, 7) is 1.74. The molecule has 0 aromatic rings. The predicted octanol–water partition coefficient (Wildman–Crippen LogP) is -0.477. The molecule has 0 aliphatic heterocycles. The first kappa shape index (κ1) is 10.1. The third-order valence-electron chi connectivity index (χ3n) is 1.12. The Bertz CT molecular complexity index is 209. The Morgan fingerprint density at radius 1 is 1.82 bits per heavy atom. The highest BCUT2D eigenvalue weighted by Crippen LogP contribution is 1.99. The molecule has 62 valence electrons. The first-order valence-electron chi connectivity index (χ1n) is 3.17. The molecule has 0 aliphatic carbocycles. The molecule has 0 aromatic carbocycles. The van der Waals surface area contributed by atoms with Crippen LogP contribution in [0.25, 0.3) is 0 Å². The number of nitriles is 1. The lowest BCUT2D eigenvalue weighted by molar-refractivity contribution is -0.115. The van der Waals surface area contributed by atoms with E-state index in [2.05, 4.69) is 0 Å². The van der Waals surface area contributed by atoms with E-state index in [1.54, 1.807) is 6.92 Å². The number of primary amides is 1. The number of nitrogens with zero attached hydrogens (tertiary/aromatic N) is 1. The molecule has 0 spiro atoms. The third kappa shape index (κ3) is 3.73. The van der Waals surface area contributed by atoms with E-state index in [1.165, 1.54) is 0 Å². The number of carbonyl (C=O) groups is 1. The molecule has 0 rings (SSSR count). The van der Waals surface area contributed by atoms with Crippen molar-refractivity contribution >= 4 is 16.7 Å². The fraction of sp³-hybridized carbons (Fsp3) is 0.667. The van der Waals surface area contributed by atoms with Crippen molar-refractivity contribution in [3.8, 4) is 6.07 Å². The molecule has 0 saturated heterocycles. The van der Waals surface area contributed by atoms with E-state index in [9.17, 15) is 9.00 Å². The van der Waals surface area contributed by atoms with E-state index >= 15 is 0 Å². The van der Waals surface area contributed by atoms with Crippen LogP contribution in [0.3, 0.4) is 0 Å². The summed E-state index contributed by atoms with van der Waals surface area (Å²) in [4.78, 5) is 10.3. The molecular formula is C6H10N2O2S. The molecule has 4 nitrogen and oxygen atoms in total. The Hall–Kier alpha value is -0.890. The Morgan fingerprint density at radius 3 is 2.64 bits per heavy atom. The summed E-state index contributed by atoms with van der Waals surface area (Å²) in [5, 5.41) is 7.85. The van der Waals surface area contributed by atoms with E-state index in [0.29, 0.717) is 6.42 Å². The maximum Gasteiger partial charge on any atom is 0.230 e. The van der Waals surface area contributed by atoms with Crippen LogP contribution in [0.2, 0.25) is 0 Å². The van der Waals surface area contributed by atoms with Crippen LogP contribution >= 0.6 is 0 Å². The summed E-state index contributed by atoms with van der Waals surface area (Å²) in [5.41, 5.74) is 4.80. The van der Waals surface area contributed by atoms with Gasteiger partial charge >= 0.3 is 0 Å². The molecule has 0 radical (unpaired) electrons. The Labute approximate surface area is 67.8 Å². The largest absolute Gasteiger partial charge is 0.369 e. The second-order valence-electron chi connectivity index (χ2n) is 2.02. The van der Waals surface area contributed by atoms with Crippen molar-refractivity contribution in [3.63, 3.8) is 0 Å². The van der Waals surface area contributed by atoms with Crippen molar-refractivity contribution in [3.05, 3.63) is 0 Å². The van der Waals surface area contributed by atoms with Crippen LogP contribution in [-0.2, 0) is 15.6 Å². The second-order valence-corrected chi connectivity index (χ2v) is 3.64. The molecule has 0 saturated carbocycles. The summed E-state index contributed by atoms with van der Waals surface area (Å²) < 4.78 is 11.0. The predicted molar refractivity (Wildman–Crippen MR) is 41.9 cm³/mol. The van der Waals surface area contributed by atoms with Gasteiger partial charge in [0.05, 0.1) is 6.07 Å². The van der Waals surface area contributed by atoms with Crippen molar-refractivity contribution in [2.45, 2.75) is 18.6 Å². The highest BCUT2D eigenvalue weighted by Gasteiger charge is 2.14. The average molecular weight is 174 g/mol. The standard InChI is InChI=1S/C6H10N2O2S/c1-2-5(3-7)11(10)4-6(8)9/h5H,2,4H2,1H3,(H2,8,9). The minimum absolute atomic E-state index is 0.216. The highest BCUT2D eigenvalue weighted by atomic mass is 32.2. The van der Waals surface area contributed by atoms with E-state index < -0.39 is 22.0 Å². The van der Waals surface area contributed by atoms with Crippen molar-refractivity contribution in [2.24, 2.45) is 5.73 Å². The molecule has 2 N–H and O–H groups in total. The van der Waals surface area contributed by atoms with Gasteiger partial charge in [0.2, 0.25) is 5.91 Å². The first-order valence-corrected chi connectivity index (χ1v) is 4.55. The second kappa shape index (κ2) is 4.85. The van der Waals surface area contributed by atoms with Gasteiger partial charge in [-0.05, 0) is 6.42 Å². The Balaban J connectivity index is 4.03. The molecule has 11 heavy (non-hydrogen) atoms. The lowest BCUT2D eigenvalue weighted by Gasteiger charge is -2.02. The average Bonchev–Trinajstić information content (AvgIpc) is 1.88. The van der Waals surface area contributed by atoms with Crippen molar-refractivity contribution < 1.29 is 9.00 Å². The summed E-state index contributed by atoms with van der Waals surface area (Å²) in [6.07, 6.45) is 0.483. The number of nitrogens with two attached hydrogens (primary N) is 1. The maximum absolute atomic E-state index is 11.0. The van der Waals surface area contributed by atoms with Crippen LogP contribution < -0.4 is 5.73 Å². The van der Waals surface area contributed by atoms with Crippen molar-refractivity contribution in [1.82, 2.24) is 0 Å². The van der Waals surface area contributed by atoms with Crippen LogP contribution in [-0.4, -0.2) is 21.1 Å². The minimum Gasteiger partial charge on any atom is -0.369 e. The molecule has 5 heteroatoms. The van der Waals surface area contributed by atoms with Crippen molar-refractivity contribution in [1.29, 1.82) is 5.26 Å². The Morgan fingerprint density at radius 2 is 2.36 bits per heavy atom. The zero-order chi connectivity index (χ0) is 8.85. The van der Waals surface area contributed by atoms with E-state index in [-0.39, 0.29) is 5.75 Å². The van der Waals surface area contributed by atoms with Crippen LogP contribution in [0.1, 0.15) is 13.3 Å². The topological polar surface area (TPSA) is 83.9 Å². The minimum atomic E-state index is -1.42. The van der Waals surface area contributed by atoms with Gasteiger partial charge in [-0.2, -0.15) is 5.26 Å². The van der Waals surface area contributed by atoms with Crippen LogP contribution in [0.5, 0.6) is 0 Å². The van der Waals surface area contributed by atoms with Crippen molar-refractivity contribution in [2.75, 3.05) is 5.75 Å². The lowest BCUT2D eigenvalue weighted by Crippen LogP contribution is -2.25. The lowest BCUT2D eigenvalue weighted by atomic mass is 10.4. The molecular weight excluding hydrogens is 164 g/mol. The Kier molecular flexibility index (Phi) is 4.46. The number of amides is 1. The normalized spacial score (nSPS) is 14.9. The van der Waals surface area contributed by atoms with E-state index in [0.717, 1.165) is 0 Å². The zero-order valence-electron chi connectivity index (χ0n) is 6.24.